The largest absolute Gasteiger partial charge is 0.411 e. The monoisotopic (exact) mass is 177 g/mol. The zero-order valence-electron chi connectivity index (χ0n) is 8.08. The van der Waals surface area contributed by atoms with E-state index < -0.39 is 0 Å². The Balaban J connectivity index is 3.13. The first-order chi connectivity index (χ1) is 6.19. The molecule has 2 heteroatoms. The first-order valence-electron chi connectivity index (χ1n) is 4.32. The molecule has 0 saturated carbocycles. The summed E-state index contributed by atoms with van der Waals surface area (Å²) in [6, 6.07) is 5.92. The topological polar surface area (TPSA) is 35.2 Å². The minimum atomic E-state index is 0.505. The molecule has 0 aliphatic rings. The number of benzene rings is 1. The van der Waals surface area contributed by atoms with Gasteiger partial charge in [0.2, 0.25) is 0 Å². The summed E-state index contributed by atoms with van der Waals surface area (Å²) in [6.07, 6.45) is 1.74. The minimum Gasteiger partial charge on any atom is -0.411 e. The molecule has 1 aromatic carbocycles. The molecule has 2 N–H and O–H groups in total. The van der Waals surface area contributed by atoms with Crippen molar-refractivity contribution in [3.63, 3.8) is 0 Å². The van der Waals surface area contributed by atoms with Gasteiger partial charge in [-0.1, -0.05) is 32.6 Å². The van der Waals surface area contributed by atoms with Gasteiger partial charge in [0.25, 0.3) is 0 Å². The standard InChI is InChI=1S/C11H15NO/c1-4-9-7-10(8(2)3)5-6-11(9)13-12/h4-8H,1,12H2,2-3H3. The van der Waals surface area contributed by atoms with Gasteiger partial charge in [-0.3, -0.25) is 0 Å². The lowest BCUT2D eigenvalue weighted by molar-refractivity contribution is 0.333. The van der Waals surface area contributed by atoms with E-state index in [1.807, 2.05) is 18.2 Å². The molecule has 0 radical (unpaired) electrons. The lowest BCUT2D eigenvalue weighted by atomic mass is 10.0. The molecule has 2 nitrogen and oxygen atoms in total. The molecular weight excluding hydrogens is 162 g/mol. The summed E-state index contributed by atoms with van der Waals surface area (Å²) >= 11 is 0. The summed E-state index contributed by atoms with van der Waals surface area (Å²) < 4.78 is 0. The first-order valence-corrected chi connectivity index (χ1v) is 4.32. The zero-order valence-corrected chi connectivity index (χ0v) is 8.08. The van der Waals surface area contributed by atoms with Crippen LogP contribution in [-0.4, -0.2) is 0 Å². The summed E-state index contributed by atoms with van der Waals surface area (Å²) in [7, 11) is 0. The van der Waals surface area contributed by atoms with Crippen molar-refractivity contribution >= 4 is 6.08 Å². The maximum atomic E-state index is 5.10. The Kier molecular flexibility index (Phi) is 3.09. The highest BCUT2D eigenvalue weighted by Crippen LogP contribution is 2.24. The van der Waals surface area contributed by atoms with Crippen molar-refractivity contribution in [3.8, 4) is 5.75 Å². The van der Waals surface area contributed by atoms with Crippen LogP contribution in [0, 0.1) is 0 Å². The Morgan fingerprint density at radius 3 is 2.62 bits per heavy atom. The Hall–Kier alpha value is -1.28. The van der Waals surface area contributed by atoms with Crippen LogP contribution in [-0.2, 0) is 0 Å². The van der Waals surface area contributed by atoms with Gasteiger partial charge in [0.1, 0.15) is 0 Å². The van der Waals surface area contributed by atoms with Crippen molar-refractivity contribution in [3.05, 3.63) is 35.9 Å². The van der Waals surface area contributed by atoms with E-state index in [4.69, 9.17) is 10.7 Å². The van der Waals surface area contributed by atoms with E-state index in [1.54, 1.807) is 6.08 Å². The molecule has 13 heavy (non-hydrogen) atoms. The van der Waals surface area contributed by atoms with Crippen molar-refractivity contribution in [2.75, 3.05) is 0 Å². The fourth-order valence-corrected chi connectivity index (χ4v) is 1.19. The van der Waals surface area contributed by atoms with Gasteiger partial charge in [-0.05, 0) is 23.6 Å². The third-order valence-electron chi connectivity index (χ3n) is 2.05. The average molecular weight is 177 g/mol. The highest BCUT2D eigenvalue weighted by molar-refractivity contribution is 5.57. The number of nitrogens with two attached hydrogens (primary N) is 1. The molecule has 0 bridgehead atoms. The van der Waals surface area contributed by atoms with Crippen LogP contribution in [0.1, 0.15) is 30.9 Å². The molecule has 0 aliphatic heterocycles. The quantitative estimate of drug-likeness (QED) is 0.720. The van der Waals surface area contributed by atoms with Crippen LogP contribution < -0.4 is 10.7 Å². The highest BCUT2D eigenvalue weighted by atomic mass is 16.6. The molecule has 1 aromatic rings. The van der Waals surface area contributed by atoms with E-state index in [1.165, 1.54) is 5.56 Å². The van der Waals surface area contributed by atoms with Crippen LogP contribution in [0.4, 0.5) is 0 Å². The van der Waals surface area contributed by atoms with Crippen LogP contribution in [0.2, 0.25) is 0 Å². The van der Waals surface area contributed by atoms with E-state index in [-0.39, 0.29) is 0 Å². The smallest absolute Gasteiger partial charge is 0.154 e. The molecule has 0 unspecified atom stereocenters. The van der Waals surface area contributed by atoms with Crippen molar-refractivity contribution < 1.29 is 4.84 Å². The fourth-order valence-electron chi connectivity index (χ4n) is 1.19. The van der Waals surface area contributed by atoms with Gasteiger partial charge in [-0.25, -0.2) is 0 Å². The number of hydrogen-bond acceptors (Lipinski definition) is 2. The zero-order chi connectivity index (χ0) is 9.84. The van der Waals surface area contributed by atoms with Crippen LogP contribution in [0.15, 0.2) is 24.8 Å². The second-order valence-electron chi connectivity index (χ2n) is 3.27. The number of hydrogen-bond donors (Lipinski definition) is 1. The van der Waals surface area contributed by atoms with Gasteiger partial charge in [0, 0.05) is 5.56 Å². The van der Waals surface area contributed by atoms with E-state index in [9.17, 15) is 0 Å². The Morgan fingerprint density at radius 1 is 1.46 bits per heavy atom. The molecular formula is C11H15NO. The first kappa shape index (κ1) is 9.81. The normalized spacial score (nSPS) is 10.2. The van der Waals surface area contributed by atoms with Crippen molar-refractivity contribution in [1.82, 2.24) is 0 Å². The molecule has 0 heterocycles. The minimum absolute atomic E-state index is 0.505. The van der Waals surface area contributed by atoms with E-state index in [0.29, 0.717) is 11.7 Å². The van der Waals surface area contributed by atoms with Crippen LogP contribution in [0.3, 0.4) is 0 Å². The summed E-state index contributed by atoms with van der Waals surface area (Å²) in [5.74, 6) is 6.28. The lowest BCUT2D eigenvalue weighted by Gasteiger charge is -2.09. The van der Waals surface area contributed by atoms with E-state index >= 15 is 0 Å². The Morgan fingerprint density at radius 2 is 2.15 bits per heavy atom. The number of rotatable bonds is 3. The lowest BCUT2D eigenvalue weighted by Crippen LogP contribution is -2.03. The van der Waals surface area contributed by atoms with E-state index in [0.717, 1.165) is 5.56 Å². The van der Waals surface area contributed by atoms with Crippen LogP contribution >= 0.6 is 0 Å². The third kappa shape index (κ3) is 2.10. The summed E-state index contributed by atoms with van der Waals surface area (Å²) in [4.78, 5) is 4.70. The average Bonchev–Trinajstić information content (AvgIpc) is 2.16. The summed E-state index contributed by atoms with van der Waals surface area (Å²) in [5, 5.41) is 0. The Labute approximate surface area is 79.0 Å². The van der Waals surface area contributed by atoms with Crippen molar-refractivity contribution in [2.24, 2.45) is 5.90 Å². The third-order valence-corrected chi connectivity index (χ3v) is 2.05. The molecule has 0 saturated heterocycles. The SMILES string of the molecule is C=Cc1cc(C(C)C)ccc1ON. The highest BCUT2D eigenvalue weighted by Gasteiger charge is 2.03. The molecule has 0 amide bonds. The second kappa shape index (κ2) is 4.10. The predicted octanol–water partition coefficient (Wildman–Crippen LogP) is 2.71. The van der Waals surface area contributed by atoms with Crippen LogP contribution in [0.25, 0.3) is 6.08 Å². The van der Waals surface area contributed by atoms with Crippen molar-refractivity contribution in [1.29, 1.82) is 0 Å². The molecule has 1 rings (SSSR count). The predicted molar refractivity (Wildman–Crippen MR) is 55.4 cm³/mol. The maximum absolute atomic E-state index is 5.10. The summed E-state index contributed by atoms with van der Waals surface area (Å²) in [6.45, 7) is 7.99. The van der Waals surface area contributed by atoms with Gasteiger partial charge < -0.3 is 4.84 Å². The fraction of sp³-hybridized carbons (Fsp3) is 0.273. The van der Waals surface area contributed by atoms with Gasteiger partial charge in [-0.2, -0.15) is 5.90 Å². The van der Waals surface area contributed by atoms with Crippen molar-refractivity contribution in [2.45, 2.75) is 19.8 Å². The molecule has 0 fully saturated rings. The Bertz CT molecular complexity index is 305. The van der Waals surface area contributed by atoms with Crippen LogP contribution in [0.5, 0.6) is 5.75 Å². The van der Waals surface area contributed by atoms with E-state index in [2.05, 4.69) is 20.4 Å². The second-order valence-corrected chi connectivity index (χ2v) is 3.27. The molecule has 0 aliphatic carbocycles. The van der Waals surface area contributed by atoms with Gasteiger partial charge in [0.05, 0.1) is 0 Å². The molecule has 0 spiro atoms. The summed E-state index contributed by atoms with van der Waals surface area (Å²) in [5.41, 5.74) is 2.20. The van der Waals surface area contributed by atoms with Gasteiger partial charge >= 0.3 is 0 Å². The van der Waals surface area contributed by atoms with Gasteiger partial charge in [0.15, 0.2) is 5.75 Å². The molecule has 0 aromatic heterocycles. The molecule has 0 atom stereocenters. The maximum Gasteiger partial charge on any atom is 0.154 e. The molecule has 70 valence electrons. The van der Waals surface area contributed by atoms with Gasteiger partial charge in [-0.15, -0.1) is 0 Å².